The third-order valence-electron chi connectivity index (χ3n) is 7.22. The van der Waals surface area contributed by atoms with E-state index in [4.69, 9.17) is 0 Å². The normalized spacial score (nSPS) is 38.1. The largest absolute Gasteiger partial charge is 0.0651 e. The minimum absolute atomic E-state index is 0.865. The van der Waals surface area contributed by atoms with Crippen molar-refractivity contribution < 1.29 is 0 Å². The van der Waals surface area contributed by atoms with Crippen LogP contribution in [0, 0.1) is 17.8 Å². The van der Waals surface area contributed by atoms with Crippen molar-refractivity contribution in [3.05, 3.63) is 35.4 Å². The lowest BCUT2D eigenvalue weighted by Gasteiger charge is -2.42. The molecule has 1 aromatic carbocycles. The van der Waals surface area contributed by atoms with Gasteiger partial charge in [-0.1, -0.05) is 76.1 Å². The highest BCUT2D eigenvalue weighted by molar-refractivity contribution is 5.36. The Kier molecular flexibility index (Phi) is 4.29. The lowest BCUT2D eigenvalue weighted by molar-refractivity contribution is 0.112. The molecule has 120 valence electrons. The van der Waals surface area contributed by atoms with E-state index in [1.807, 2.05) is 0 Å². The Hall–Kier alpha value is -0.780. The molecule has 2 bridgehead atoms. The van der Waals surface area contributed by atoms with Crippen LogP contribution in [0.2, 0.25) is 0 Å². The molecule has 0 saturated heterocycles. The molecule has 0 spiro atoms. The third kappa shape index (κ3) is 2.53. The standard InChI is InChI=1S/C22H32/c1-2-16-11-8-14-21-20-13-7-6-12-19(20)17-9-4-3-5-10-18(15-17)22(16)21/h6-7,12-13,16-18,21-22H,2-5,8-11,14-15H2,1H3. The molecule has 3 aliphatic carbocycles. The van der Waals surface area contributed by atoms with Crippen LogP contribution in [0.25, 0.3) is 0 Å². The molecule has 0 aromatic heterocycles. The van der Waals surface area contributed by atoms with E-state index < -0.39 is 0 Å². The maximum atomic E-state index is 2.50. The van der Waals surface area contributed by atoms with Gasteiger partial charge in [-0.2, -0.15) is 0 Å². The summed E-state index contributed by atoms with van der Waals surface area (Å²) in [4.78, 5) is 0. The van der Waals surface area contributed by atoms with E-state index >= 15 is 0 Å². The second-order valence-corrected chi connectivity index (χ2v) is 8.24. The lowest BCUT2D eigenvalue weighted by atomic mass is 9.62. The maximum absolute atomic E-state index is 2.50. The van der Waals surface area contributed by atoms with E-state index in [9.17, 15) is 0 Å². The first-order valence-electron chi connectivity index (χ1n) is 9.97. The smallest absolute Gasteiger partial charge is 0.0125 e. The molecule has 2 fully saturated rings. The summed E-state index contributed by atoms with van der Waals surface area (Å²) in [6.45, 7) is 2.45. The number of hydrogen-bond donors (Lipinski definition) is 0. The Labute approximate surface area is 136 Å². The second-order valence-electron chi connectivity index (χ2n) is 8.24. The number of hydrogen-bond acceptors (Lipinski definition) is 0. The van der Waals surface area contributed by atoms with Crippen molar-refractivity contribution in [2.75, 3.05) is 0 Å². The van der Waals surface area contributed by atoms with Crippen molar-refractivity contribution >= 4 is 0 Å². The first-order valence-corrected chi connectivity index (χ1v) is 9.97. The van der Waals surface area contributed by atoms with Crippen molar-refractivity contribution in [1.29, 1.82) is 0 Å². The van der Waals surface area contributed by atoms with Crippen LogP contribution in [0.5, 0.6) is 0 Å². The fourth-order valence-electron chi connectivity index (χ4n) is 6.29. The monoisotopic (exact) mass is 296 g/mol. The zero-order chi connectivity index (χ0) is 14.9. The van der Waals surface area contributed by atoms with Gasteiger partial charge in [-0.15, -0.1) is 0 Å². The van der Waals surface area contributed by atoms with Crippen LogP contribution in [0.3, 0.4) is 0 Å². The molecule has 0 amide bonds. The van der Waals surface area contributed by atoms with Gasteiger partial charge in [-0.05, 0) is 60.0 Å². The summed E-state index contributed by atoms with van der Waals surface area (Å²) >= 11 is 0. The minimum Gasteiger partial charge on any atom is -0.0651 e. The first kappa shape index (κ1) is 14.8. The molecule has 3 aliphatic rings. The second kappa shape index (κ2) is 6.38. The van der Waals surface area contributed by atoms with Gasteiger partial charge in [0.15, 0.2) is 0 Å². The van der Waals surface area contributed by atoms with E-state index in [1.165, 1.54) is 64.2 Å². The van der Waals surface area contributed by atoms with Crippen LogP contribution in [0.1, 0.15) is 94.1 Å². The molecule has 0 aliphatic heterocycles. The van der Waals surface area contributed by atoms with Gasteiger partial charge in [0.2, 0.25) is 0 Å². The summed E-state index contributed by atoms with van der Waals surface area (Å²) in [5, 5.41) is 0. The van der Waals surface area contributed by atoms with Crippen LogP contribution in [0.4, 0.5) is 0 Å². The predicted molar refractivity (Wildman–Crippen MR) is 94.2 cm³/mol. The maximum Gasteiger partial charge on any atom is -0.0125 e. The fourth-order valence-corrected chi connectivity index (χ4v) is 6.29. The van der Waals surface area contributed by atoms with Gasteiger partial charge >= 0.3 is 0 Å². The number of fused-ring (bicyclic) bond motifs is 7. The van der Waals surface area contributed by atoms with Gasteiger partial charge in [0.05, 0.1) is 0 Å². The van der Waals surface area contributed by atoms with Gasteiger partial charge in [0, 0.05) is 0 Å². The molecule has 2 saturated carbocycles. The van der Waals surface area contributed by atoms with Crippen LogP contribution in [-0.4, -0.2) is 0 Å². The zero-order valence-electron chi connectivity index (χ0n) is 14.3. The summed E-state index contributed by atoms with van der Waals surface area (Å²) in [6.07, 6.45) is 14.7. The van der Waals surface area contributed by atoms with E-state index in [-0.39, 0.29) is 0 Å². The van der Waals surface area contributed by atoms with Crippen molar-refractivity contribution in [3.8, 4) is 0 Å². The van der Waals surface area contributed by atoms with E-state index in [0.717, 1.165) is 29.6 Å². The molecule has 5 unspecified atom stereocenters. The van der Waals surface area contributed by atoms with Crippen LogP contribution in [-0.2, 0) is 0 Å². The molecule has 1 aromatic rings. The van der Waals surface area contributed by atoms with Gasteiger partial charge in [0.25, 0.3) is 0 Å². The highest BCUT2D eigenvalue weighted by Crippen LogP contribution is 2.55. The summed E-state index contributed by atoms with van der Waals surface area (Å²) in [5.74, 6) is 4.73. The Morgan fingerprint density at radius 3 is 2.55 bits per heavy atom. The molecule has 0 heterocycles. The molecule has 0 N–H and O–H groups in total. The summed E-state index contributed by atoms with van der Waals surface area (Å²) in [7, 11) is 0. The molecular weight excluding hydrogens is 264 g/mol. The Bertz CT molecular complexity index is 503. The highest BCUT2D eigenvalue weighted by Gasteiger charge is 2.42. The van der Waals surface area contributed by atoms with Gasteiger partial charge in [-0.25, -0.2) is 0 Å². The molecule has 5 atom stereocenters. The van der Waals surface area contributed by atoms with Gasteiger partial charge in [0.1, 0.15) is 0 Å². The summed E-state index contributed by atoms with van der Waals surface area (Å²) < 4.78 is 0. The predicted octanol–water partition coefficient (Wildman–Crippen LogP) is 6.66. The molecule has 0 radical (unpaired) electrons. The molecule has 4 rings (SSSR count). The molecule has 0 nitrogen and oxygen atoms in total. The highest BCUT2D eigenvalue weighted by atomic mass is 14.5. The van der Waals surface area contributed by atoms with E-state index in [1.54, 1.807) is 11.1 Å². The average molecular weight is 296 g/mol. The topological polar surface area (TPSA) is 0 Å². The van der Waals surface area contributed by atoms with Crippen LogP contribution in [0.15, 0.2) is 24.3 Å². The van der Waals surface area contributed by atoms with Gasteiger partial charge in [-0.3, -0.25) is 0 Å². The first-order chi connectivity index (χ1) is 10.9. The molecular formula is C22H32. The Balaban J connectivity index is 1.80. The van der Waals surface area contributed by atoms with Crippen molar-refractivity contribution in [3.63, 3.8) is 0 Å². The zero-order valence-corrected chi connectivity index (χ0v) is 14.3. The number of benzene rings is 1. The fraction of sp³-hybridized carbons (Fsp3) is 0.727. The third-order valence-corrected chi connectivity index (χ3v) is 7.22. The van der Waals surface area contributed by atoms with Crippen molar-refractivity contribution in [2.24, 2.45) is 17.8 Å². The summed E-state index contributed by atoms with van der Waals surface area (Å²) in [6, 6.07) is 9.59. The quantitative estimate of drug-likeness (QED) is 0.543. The van der Waals surface area contributed by atoms with Crippen LogP contribution < -0.4 is 0 Å². The molecule has 0 heteroatoms. The molecule has 22 heavy (non-hydrogen) atoms. The number of rotatable bonds is 1. The lowest BCUT2D eigenvalue weighted by Crippen LogP contribution is -2.32. The van der Waals surface area contributed by atoms with E-state index in [0.29, 0.717) is 0 Å². The van der Waals surface area contributed by atoms with Crippen molar-refractivity contribution in [2.45, 2.75) is 83.0 Å². The van der Waals surface area contributed by atoms with Crippen LogP contribution >= 0.6 is 0 Å². The van der Waals surface area contributed by atoms with Crippen molar-refractivity contribution in [1.82, 2.24) is 0 Å². The summed E-state index contributed by atoms with van der Waals surface area (Å²) in [5.41, 5.74) is 3.51. The Morgan fingerprint density at radius 1 is 0.864 bits per heavy atom. The SMILES string of the molecule is CCC1CCCC2c3ccccc3C3CCCCCC(C3)C12. The minimum atomic E-state index is 0.865. The van der Waals surface area contributed by atoms with E-state index in [2.05, 4.69) is 31.2 Å². The Morgan fingerprint density at radius 2 is 1.68 bits per heavy atom. The average Bonchev–Trinajstić information content (AvgIpc) is 2.68. The van der Waals surface area contributed by atoms with Gasteiger partial charge < -0.3 is 0 Å².